The second-order valence-corrected chi connectivity index (χ2v) is 4.77. The van der Waals surface area contributed by atoms with Crippen LogP contribution < -0.4 is 5.73 Å². The third-order valence-corrected chi connectivity index (χ3v) is 3.41. The van der Waals surface area contributed by atoms with Crippen molar-refractivity contribution in [3.05, 3.63) is 29.0 Å². The minimum Gasteiger partial charge on any atom is -0.327 e. The molecule has 2 N–H and O–H groups in total. The highest BCUT2D eigenvalue weighted by Crippen LogP contribution is 2.33. The van der Waals surface area contributed by atoms with Crippen molar-refractivity contribution in [3.8, 4) is 0 Å². The Kier molecular flexibility index (Phi) is 3.60. The lowest BCUT2D eigenvalue weighted by Gasteiger charge is -2.09. The summed E-state index contributed by atoms with van der Waals surface area (Å²) in [5.41, 5.74) is 7.23. The smallest absolute Gasteiger partial charge is 0.0621 e. The van der Waals surface area contributed by atoms with Crippen LogP contribution in [0.2, 0.25) is 5.02 Å². The van der Waals surface area contributed by atoms with Crippen molar-refractivity contribution >= 4 is 11.6 Å². The summed E-state index contributed by atoms with van der Waals surface area (Å²) in [4.78, 5) is 3.97. The summed E-state index contributed by atoms with van der Waals surface area (Å²) in [6.07, 6.45) is 9.42. The molecule has 1 fully saturated rings. The Balaban J connectivity index is 1.75. The van der Waals surface area contributed by atoms with Gasteiger partial charge in [-0.3, -0.25) is 4.98 Å². The van der Waals surface area contributed by atoms with Gasteiger partial charge in [-0.05, 0) is 49.7 Å². The van der Waals surface area contributed by atoms with Gasteiger partial charge >= 0.3 is 0 Å². The van der Waals surface area contributed by atoms with Gasteiger partial charge in [0.05, 0.1) is 5.02 Å². The van der Waals surface area contributed by atoms with Crippen molar-refractivity contribution in [1.29, 1.82) is 0 Å². The minimum atomic E-state index is 0.408. The van der Waals surface area contributed by atoms with Crippen LogP contribution >= 0.6 is 11.6 Å². The zero-order valence-electron chi connectivity index (χ0n) is 8.82. The summed E-state index contributed by atoms with van der Waals surface area (Å²) in [7, 11) is 0. The molecule has 0 amide bonds. The Morgan fingerprint density at radius 2 is 2.33 bits per heavy atom. The average Bonchev–Trinajstić information content (AvgIpc) is 3.04. The van der Waals surface area contributed by atoms with Crippen molar-refractivity contribution in [1.82, 2.24) is 4.98 Å². The monoisotopic (exact) mass is 224 g/mol. The van der Waals surface area contributed by atoms with Crippen LogP contribution in [0, 0.1) is 5.92 Å². The summed E-state index contributed by atoms with van der Waals surface area (Å²) < 4.78 is 0. The lowest BCUT2D eigenvalue weighted by Crippen LogP contribution is -2.22. The van der Waals surface area contributed by atoms with Gasteiger partial charge in [0.15, 0.2) is 0 Å². The van der Waals surface area contributed by atoms with E-state index >= 15 is 0 Å². The summed E-state index contributed by atoms with van der Waals surface area (Å²) in [5.74, 6) is 0.804. The largest absolute Gasteiger partial charge is 0.327 e. The zero-order chi connectivity index (χ0) is 10.7. The number of hydrogen-bond donors (Lipinski definition) is 1. The summed E-state index contributed by atoms with van der Waals surface area (Å²) in [6.45, 7) is 0. The van der Waals surface area contributed by atoms with E-state index in [1.165, 1.54) is 18.4 Å². The van der Waals surface area contributed by atoms with Crippen LogP contribution in [-0.4, -0.2) is 11.0 Å². The number of rotatable bonds is 5. The molecule has 3 heteroatoms. The topological polar surface area (TPSA) is 38.9 Å². The standard InChI is InChI=1S/C12H17ClN2/c13-11-8-15-7-6-9(11)2-1-3-12(14)10-4-5-10/h6-8,10,12H,1-5,14H2. The molecule has 0 saturated heterocycles. The van der Waals surface area contributed by atoms with Crippen LogP contribution in [0.5, 0.6) is 0 Å². The maximum atomic E-state index is 6.04. The van der Waals surface area contributed by atoms with Crippen LogP contribution in [0.3, 0.4) is 0 Å². The molecule has 0 aromatic carbocycles. The molecule has 2 rings (SSSR count). The average molecular weight is 225 g/mol. The Bertz CT molecular complexity index is 323. The van der Waals surface area contributed by atoms with E-state index in [1.54, 1.807) is 12.4 Å². The van der Waals surface area contributed by atoms with E-state index in [0.717, 1.165) is 30.2 Å². The van der Waals surface area contributed by atoms with E-state index in [1.807, 2.05) is 6.07 Å². The third kappa shape index (κ3) is 3.18. The van der Waals surface area contributed by atoms with E-state index in [4.69, 9.17) is 17.3 Å². The van der Waals surface area contributed by atoms with Crippen LogP contribution in [0.25, 0.3) is 0 Å². The molecule has 1 unspecified atom stereocenters. The number of aromatic nitrogens is 1. The number of pyridine rings is 1. The number of hydrogen-bond acceptors (Lipinski definition) is 2. The van der Waals surface area contributed by atoms with Gasteiger partial charge < -0.3 is 5.73 Å². The molecule has 1 aliphatic carbocycles. The molecule has 0 spiro atoms. The summed E-state index contributed by atoms with van der Waals surface area (Å²) >= 11 is 6.02. The molecule has 0 radical (unpaired) electrons. The predicted octanol–water partition coefficient (Wildman–Crippen LogP) is 2.80. The Hall–Kier alpha value is -0.600. The quantitative estimate of drug-likeness (QED) is 0.836. The SMILES string of the molecule is NC(CCCc1ccncc1Cl)C1CC1. The van der Waals surface area contributed by atoms with Gasteiger partial charge in [0.1, 0.15) is 0 Å². The Labute approximate surface area is 95.8 Å². The van der Waals surface area contributed by atoms with Crippen molar-refractivity contribution in [3.63, 3.8) is 0 Å². The lowest BCUT2D eigenvalue weighted by molar-refractivity contribution is 0.528. The Morgan fingerprint density at radius 1 is 1.53 bits per heavy atom. The molecule has 1 aliphatic rings. The van der Waals surface area contributed by atoms with Gasteiger partial charge in [0.25, 0.3) is 0 Å². The maximum Gasteiger partial charge on any atom is 0.0621 e. The molecule has 1 aromatic rings. The van der Waals surface area contributed by atoms with Gasteiger partial charge in [-0.15, -0.1) is 0 Å². The van der Waals surface area contributed by atoms with Crippen molar-refractivity contribution in [2.24, 2.45) is 11.7 Å². The molecule has 2 nitrogen and oxygen atoms in total. The van der Waals surface area contributed by atoms with Crippen LogP contribution in [0.4, 0.5) is 0 Å². The highest BCUT2D eigenvalue weighted by Gasteiger charge is 2.27. The molecule has 0 aliphatic heterocycles. The fourth-order valence-corrected chi connectivity index (χ4v) is 2.11. The third-order valence-electron chi connectivity index (χ3n) is 3.07. The molecule has 15 heavy (non-hydrogen) atoms. The van der Waals surface area contributed by atoms with E-state index in [9.17, 15) is 0 Å². The van der Waals surface area contributed by atoms with Gasteiger partial charge in [0.2, 0.25) is 0 Å². The molecule has 1 atom stereocenters. The molecular weight excluding hydrogens is 208 g/mol. The summed E-state index contributed by atoms with van der Waals surface area (Å²) in [6, 6.07) is 2.40. The maximum absolute atomic E-state index is 6.04. The van der Waals surface area contributed by atoms with E-state index in [2.05, 4.69) is 4.98 Å². The first-order chi connectivity index (χ1) is 7.27. The highest BCUT2D eigenvalue weighted by molar-refractivity contribution is 6.31. The molecule has 82 valence electrons. The van der Waals surface area contributed by atoms with Gasteiger partial charge in [-0.2, -0.15) is 0 Å². The highest BCUT2D eigenvalue weighted by atomic mass is 35.5. The first-order valence-corrected chi connectivity index (χ1v) is 5.99. The lowest BCUT2D eigenvalue weighted by atomic mass is 10.0. The predicted molar refractivity (Wildman–Crippen MR) is 62.9 cm³/mol. The Morgan fingerprint density at radius 3 is 3.00 bits per heavy atom. The second kappa shape index (κ2) is 4.95. The molecule has 1 saturated carbocycles. The number of aryl methyl sites for hydroxylation is 1. The van der Waals surface area contributed by atoms with Crippen LogP contribution in [-0.2, 0) is 6.42 Å². The first kappa shape index (κ1) is 10.9. The fourth-order valence-electron chi connectivity index (χ4n) is 1.90. The van der Waals surface area contributed by atoms with E-state index < -0.39 is 0 Å². The van der Waals surface area contributed by atoms with E-state index in [-0.39, 0.29) is 0 Å². The molecule has 1 aromatic heterocycles. The normalized spacial score (nSPS) is 17.7. The number of halogens is 1. The molecule has 1 heterocycles. The van der Waals surface area contributed by atoms with E-state index in [0.29, 0.717) is 6.04 Å². The number of nitrogens with zero attached hydrogens (tertiary/aromatic N) is 1. The summed E-state index contributed by atoms with van der Waals surface area (Å²) in [5, 5.41) is 0.775. The fraction of sp³-hybridized carbons (Fsp3) is 0.583. The first-order valence-electron chi connectivity index (χ1n) is 5.61. The second-order valence-electron chi connectivity index (χ2n) is 4.36. The number of nitrogens with two attached hydrogens (primary N) is 1. The molecule has 0 bridgehead atoms. The van der Waals surface area contributed by atoms with Crippen molar-refractivity contribution in [2.75, 3.05) is 0 Å². The molecular formula is C12H17ClN2. The van der Waals surface area contributed by atoms with Gasteiger partial charge in [-0.1, -0.05) is 11.6 Å². The van der Waals surface area contributed by atoms with Crippen LogP contribution in [0.15, 0.2) is 18.5 Å². The zero-order valence-corrected chi connectivity index (χ0v) is 9.58. The van der Waals surface area contributed by atoms with Crippen LogP contribution in [0.1, 0.15) is 31.2 Å². The van der Waals surface area contributed by atoms with Crippen molar-refractivity contribution < 1.29 is 0 Å². The van der Waals surface area contributed by atoms with Crippen molar-refractivity contribution in [2.45, 2.75) is 38.1 Å². The minimum absolute atomic E-state index is 0.408. The van der Waals surface area contributed by atoms with Gasteiger partial charge in [0, 0.05) is 18.4 Å². The van der Waals surface area contributed by atoms with Gasteiger partial charge in [-0.25, -0.2) is 0 Å².